The Kier molecular flexibility index (Phi) is 4.44. The van der Waals surface area contributed by atoms with Gasteiger partial charge in [-0.3, -0.25) is 0 Å². The number of benzene rings is 1. The Balaban J connectivity index is 2.00. The van der Waals surface area contributed by atoms with Gasteiger partial charge in [0.25, 0.3) is 0 Å². The molecule has 0 spiro atoms. The van der Waals surface area contributed by atoms with Crippen LogP contribution < -0.4 is 10.6 Å². The van der Waals surface area contributed by atoms with E-state index in [1.165, 1.54) is 0 Å². The van der Waals surface area contributed by atoms with Gasteiger partial charge < -0.3 is 15.7 Å². The van der Waals surface area contributed by atoms with Gasteiger partial charge in [0.1, 0.15) is 0 Å². The lowest BCUT2D eigenvalue weighted by molar-refractivity contribution is 0.229. The number of hydrogen-bond acceptors (Lipinski definition) is 2. The number of halogens is 1. The largest absolute Gasteiger partial charge is 0.395 e. The summed E-state index contributed by atoms with van der Waals surface area (Å²) in [7, 11) is 0. The normalized spacial score (nSPS) is 16.1. The summed E-state index contributed by atoms with van der Waals surface area (Å²) in [5.74, 6) is 0.506. The highest BCUT2D eigenvalue weighted by Crippen LogP contribution is 2.41. The van der Waals surface area contributed by atoms with Crippen molar-refractivity contribution in [2.45, 2.75) is 18.9 Å². The van der Waals surface area contributed by atoms with Crippen LogP contribution in [0.2, 0.25) is 5.02 Å². The number of aliphatic hydroxyl groups is 1. The fraction of sp³-hybridized carbons (Fsp3) is 0.462. The minimum Gasteiger partial charge on any atom is -0.395 e. The molecule has 4 nitrogen and oxygen atoms in total. The first kappa shape index (κ1) is 13.2. The first-order valence-electron chi connectivity index (χ1n) is 6.11. The number of carbonyl (C=O) groups is 1. The highest BCUT2D eigenvalue weighted by Gasteiger charge is 2.33. The van der Waals surface area contributed by atoms with Crippen LogP contribution >= 0.6 is 11.6 Å². The van der Waals surface area contributed by atoms with E-state index in [2.05, 4.69) is 10.6 Å². The van der Waals surface area contributed by atoms with Crippen molar-refractivity contribution in [2.75, 3.05) is 13.2 Å². The first-order chi connectivity index (χ1) is 8.70. The van der Waals surface area contributed by atoms with Crippen molar-refractivity contribution in [3.8, 4) is 0 Å². The van der Waals surface area contributed by atoms with Gasteiger partial charge in [0.2, 0.25) is 0 Å². The predicted molar refractivity (Wildman–Crippen MR) is 70.5 cm³/mol. The number of hydrogen-bond donors (Lipinski definition) is 3. The number of nitrogens with one attached hydrogen (secondary N) is 2. The van der Waals surface area contributed by atoms with Crippen LogP contribution in [0.3, 0.4) is 0 Å². The van der Waals surface area contributed by atoms with Gasteiger partial charge in [-0.2, -0.15) is 0 Å². The zero-order chi connectivity index (χ0) is 13.0. The fourth-order valence-electron chi connectivity index (χ4n) is 1.93. The summed E-state index contributed by atoms with van der Waals surface area (Å²) >= 11 is 5.86. The van der Waals surface area contributed by atoms with Gasteiger partial charge in [-0.05, 0) is 36.5 Å². The molecule has 0 saturated heterocycles. The second-order valence-corrected chi connectivity index (χ2v) is 4.93. The van der Waals surface area contributed by atoms with Gasteiger partial charge in [-0.1, -0.05) is 23.7 Å². The lowest BCUT2D eigenvalue weighted by atomic mass is 10.0. The van der Waals surface area contributed by atoms with Crippen molar-refractivity contribution in [1.29, 1.82) is 0 Å². The molecule has 1 unspecified atom stereocenters. The summed E-state index contributed by atoms with van der Waals surface area (Å²) in [5.41, 5.74) is 1.07. The van der Waals surface area contributed by atoms with Gasteiger partial charge in [0.15, 0.2) is 0 Å². The van der Waals surface area contributed by atoms with E-state index in [1.807, 2.05) is 24.3 Å². The van der Waals surface area contributed by atoms with E-state index < -0.39 is 0 Å². The van der Waals surface area contributed by atoms with Crippen LogP contribution in [0.25, 0.3) is 0 Å². The molecule has 0 aliphatic heterocycles. The van der Waals surface area contributed by atoms with Gasteiger partial charge >= 0.3 is 6.03 Å². The van der Waals surface area contributed by atoms with Crippen molar-refractivity contribution in [2.24, 2.45) is 5.92 Å². The molecule has 5 heteroatoms. The van der Waals surface area contributed by atoms with Crippen molar-refractivity contribution in [1.82, 2.24) is 10.6 Å². The highest BCUT2D eigenvalue weighted by molar-refractivity contribution is 6.30. The van der Waals surface area contributed by atoms with Crippen LogP contribution in [0.4, 0.5) is 4.79 Å². The quantitative estimate of drug-likeness (QED) is 0.766. The van der Waals surface area contributed by atoms with Crippen LogP contribution in [0.5, 0.6) is 0 Å². The van der Waals surface area contributed by atoms with Crippen molar-refractivity contribution >= 4 is 17.6 Å². The standard InChI is InChI=1S/C13H17ClN2O2/c14-11-5-3-10(4-6-11)12(9-1-2-9)16-13(18)15-7-8-17/h3-6,9,12,17H,1-2,7-8H2,(H2,15,16,18). The minimum absolute atomic E-state index is 0.0287. The van der Waals surface area contributed by atoms with Crippen LogP contribution in [-0.4, -0.2) is 24.3 Å². The summed E-state index contributed by atoms with van der Waals surface area (Å²) in [6.07, 6.45) is 2.27. The molecule has 1 aliphatic carbocycles. The Morgan fingerprint density at radius 3 is 2.61 bits per heavy atom. The monoisotopic (exact) mass is 268 g/mol. The van der Waals surface area contributed by atoms with Crippen molar-refractivity contribution in [3.05, 3.63) is 34.9 Å². The number of rotatable bonds is 5. The maximum absolute atomic E-state index is 11.6. The Bertz CT molecular complexity index is 404. The van der Waals surface area contributed by atoms with Crippen LogP contribution in [-0.2, 0) is 0 Å². The van der Waals surface area contributed by atoms with E-state index in [1.54, 1.807) is 0 Å². The Morgan fingerprint density at radius 1 is 1.39 bits per heavy atom. The van der Waals surface area contributed by atoms with E-state index in [9.17, 15) is 4.79 Å². The molecule has 1 aromatic carbocycles. The van der Waals surface area contributed by atoms with E-state index in [4.69, 9.17) is 16.7 Å². The SMILES string of the molecule is O=C(NCCO)NC(c1ccc(Cl)cc1)C1CC1. The van der Waals surface area contributed by atoms with Gasteiger partial charge in [-0.15, -0.1) is 0 Å². The summed E-state index contributed by atoms with van der Waals surface area (Å²) in [6, 6.07) is 7.34. The molecule has 3 N–H and O–H groups in total. The minimum atomic E-state index is -0.240. The number of carbonyl (C=O) groups excluding carboxylic acids is 1. The fourth-order valence-corrected chi connectivity index (χ4v) is 2.06. The lowest BCUT2D eigenvalue weighted by Crippen LogP contribution is -2.39. The molecule has 18 heavy (non-hydrogen) atoms. The number of urea groups is 1. The Morgan fingerprint density at radius 2 is 2.06 bits per heavy atom. The third kappa shape index (κ3) is 3.62. The number of aliphatic hydroxyl groups excluding tert-OH is 1. The molecule has 1 atom stereocenters. The van der Waals surface area contributed by atoms with Crippen molar-refractivity contribution < 1.29 is 9.90 Å². The first-order valence-corrected chi connectivity index (χ1v) is 6.49. The van der Waals surface area contributed by atoms with E-state index in [-0.39, 0.29) is 25.2 Å². The molecule has 1 saturated carbocycles. The molecule has 1 fully saturated rings. The smallest absolute Gasteiger partial charge is 0.315 e. The third-order valence-corrected chi connectivity index (χ3v) is 3.26. The molecule has 1 aromatic rings. The third-order valence-electron chi connectivity index (χ3n) is 3.01. The highest BCUT2D eigenvalue weighted by atomic mass is 35.5. The Labute approximate surface area is 111 Å². The van der Waals surface area contributed by atoms with E-state index >= 15 is 0 Å². The van der Waals surface area contributed by atoms with Gasteiger partial charge in [0, 0.05) is 11.6 Å². The second kappa shape index (κ2) is 6.07. The zero-order valence-electron chi connectivity index (χ0n) is 10.0. The maximum atomic E-state index is 11.6. The topological polar surface area (TPSA) is 61.4 Å². The average molecular weight is 269 g/mol. The van der Waals surface area contributed by atoms with Crippen LogP contribution in [0, 0.1) is 5.92 Å². The summed E-state index contributed by atoms with van der Waals surface area (Å²) in [5, 5.41) is 14.9. The van der Waals surface area contributed by atoms with Crippen LogP contribution in [0.1, 0.15) is 24.4 Å². The van der Waals surface area contributed by atoms with Gasteiger partial charge in [0.05, 0.1) is 12.6 Å². The molecule has 0 radical (unpaired) electrons. The summed E-state index contributed by atoms with van der Waals surface area (Å²) in [4.78, 5) is 11.6. The molecule has 1 aliphatic rings. The Hall–Kier alpha value is -1.26. The second-order valence-electron chi connectivity index (χ2n) is 4.49. The lowest BCUT2D eigenvalue weighted by Gasteiger charge is -2.19. The summed E-state index contributed by atoms with van der Waals surface area (Å²) in [6.45, 7) is 0.215. The van der Waals surface area contributed by atoms with Crippen LogP contribution in [0.15, 0.2) is 24.3 Å². The molecule has 98 valence electrons. The molecule has 0 bridgehead atoms. The molecular weight excluding hydrogens is 252 g/mol. The van der Waals surface area contributed by atoms with Crippen molar-refractivity contribution in [3.63, 3.8) is 0 Å². The molecule has 2 rings (SSSR count). The van der Waals surface area contributed by atoms with E-state index in [0.29, 0.717) is 10.9 Å². The molecular formula is C13H17ClN2O2. The zero-order valence-corrected chi connectivity index (χ0v) is 10.8. The number of amides is 2. The van der Waals surface area contributed by atoms with E-state index in [0.717, 1.165) is 18.4 Å². The maximum Gasteiger partial charge on any atom is 0.315 e. The molecule has 0 aromatic heterocycles. The van der Waals surface area contributed by atoms with Gasteiger partial charge in [-0.25, -0.2) is 4.79 Å². The molecule has 2 amide bonds. The molecule has 0 heterocycles. The average Bonchev–Trinajstić information content (AvgIpc) is 3.19. The predicted octanol–water partition coefficient (Wildman–Crippen LogP) is 2.08. The summed E-state index contributed by atoms with van der Waals surface area (Å²) < 4.78 is 0.